The number of rotatable bonds is 9. The van der Waals surface area contributed by atoms with E-state index in [4.69, 9.17) is 0 Å². The van der Waals surface area contributed by atoms with Crippen molar-refractivity contribution in [2.75, 3.05) is 13.6 Å². The Morgan fingerprint density at radius 1 is 0.750 bits per heavy atom. The smallest absolute Gasteiger partial charge is 0.0505 e. The Labute approximate surface area is 170 Å². The molecule has 144 valence electrons. The molecule has 3 aromatic rings. The minimum atomic E-state index is -0.263. The maximum absolute atomic E-state index is 4.49. The van der Waals surface area contributed by atoms with E-state index in [0.29, 0.717) is 0 Å². The van der Waals surface area contributed by atoms with Crippen LogP contribution in [0.1, 0.15) is 42.9 Å². The van der Waals surface area contributed by atoms with Gasteiger partial charge in [0.25, 0.3) is 0 Å². The molecule has 0 N–H and O–H groups in total. The summed E-state index contributed by atoms with van der Waals surface area (Å²) >= 11 is 0. The Hall–Kier alpha value is -2.80. The fraction of sp³-hybridized carbons (Fsp3) is 0.259. The van der Waals surface area contributed by atoms with Gasteiger partial charge in [-0.2, -0.15) is 0 Å². The zero-order chi connectivity index (χ0) is 19.8. The van der Waals surface area contributed by atoms with Gasteiger partial charge in [-0.05, 0) is 23.1 Å². The van der Waals surface area contributed by atoms with Crippen LogP contribution in [0, 0.1) is 0 Å². The summed E-state index contributed by atoms with van der Waals surface area (Å²) in [6.45, 7) is 7.78. The van der Waals surface area contributed by atoms with Gasteiger partial charge in [0.05, 0.1) is 5.41 Å². The van der Waals surface area contributed by atoms with Crippen molar-refractivity contribution in [1.29, 1.82) is 0 Å². The number of benzene rings is 3. The maximum atomic E-state index is 4.49. The van der Waals surface area contributed by atoms with E-state index in [9.17, 15) is 0 Å². The van der Waals surface area contributed by atoms with Crippen molar-refractivity contribution in [2.45, 2.75) is 31.6 Å². The second-order valence-electron chi connectivity index (χ2n) is 7.52. The van der Waals surface area contributed by atoms with Gasteiger partial charge in [-0.15, -0.1) is 0 Å². The Bertz CT molecular complexity index is 756. The van der Waals surface area contributed by atoms with Crippen molar-refractivity contribution < 1.29 is 0 Å². The lowest BCUT2D eigenvalue weighted by molar-refractivity contribution is 0.374. The molecule has 0 amide bonds. The number of hydrogen-bond acceptors (Lipinski definition) is 1. The lowest BCUT2D eigenvalue weighted by Gasteiger charge is -2.38. The summed E-state index contributed by atoms with van der Waals surface area (Å²) in [5.41, 5.74) is 4.82. The first-order valence-electron chi connectivity index (χ1n) is 10.2. The van der Waals surface area contributed by atoms with Gasteiger partial charge in [-0.1, -0.05) is 111 Å². The lowest BCUT2D eigenvalue weighted by Crippen LogP contribution is -2.33. The van der Waals surface area contributed by atoms with E-state index in [-0.39, 0.29) is 5.41 Å². The second-order valence-corrected chi connectivity index (χ2v) is 7.52. The average molecular weight is 370 g/mol. The van der Waals surface area contributed by atoms with Crippen molar-refractivity contribution in [3.05, 3.63) is 120 Å². The van der Waals surface area contributed by atoms with Crippen LogP contribution in [0.15, 0.2) is 103 Å². The van der Waals surface area contributed by atoms with Crippen LogP contribution in [0.5, 0.6) is 0 Å². The minimum absolute atomic E-state index is 0.263. The topological polar surface area (TPSA) is 3.24 Å². The summed E-state index contributed by atoms with van der Waals surface area (Å²) in [6, 6.07) is 32.6. The fourth-order valence-electron chi connectivity index (χ4n) is 3.97. The summed E-state index contributed by atoms with van der Waals surface area (Å²) in [5, 5.41) is 0. The van der Waals surface area contributed by atoms with E-state index in [2.05, 4.69) is 116 Å². The summed E-state index contributed by atoms with van der Waals surface area (Å²) in [5.74, 6) is 0. The highest BCUT2D eigenvalue weighted by molar-refractivity contribution is 5.51. The third-order valence-corrected chi connectivity index (χ3v) is 5.66. The molecule has 0 saturated carbocycles. The van der Waals surface area contributed by atoms with Crippen molar-refractivity contribution in [3.63, 3.8) is 0 Å². The van der Waals surface area contributed by atoms with Gasteiger partial charge < -0.3 is 4.90 Å². The van der Waals surface area contributed by atoms with Crippen molar-refractivity contribution in [3.8, 4) is 0 Å². The number of hydrogen-bond donors (Lipinski definition) is 0. The zero-order valence-electron chi connectivity index (χ0n) is 17.1. The summed E-state index contributed by atoms with van der Waals surface area (Å²) in [4.78, 5) is 2.33. The summed E-state index contributed by atoms with van der Waals surface area (Å²) in [6.07, 6.45) is 3.23. The van der Waals surface area contributed by atoms with Crippen molar-refractivity contribution >= 4 is 0 Å². The van der Waals surface area contributed by atoms with Crippen molar-refractivity contribution in [1.82, 2.24) is 4.90 Å². The van der Waals surface area contributed by atoms with Crippen LogP contribution in [0.4, 0.5) is 0 Å². The molecule has 0 aromatic heterocycles. The first-order valence-corrected chi connectivity index (χ1v) is 10.2. The first-order chi connectivity index (χ1) is 13.7. The van der Waals surface area contributed by atoms with Gasteiger partial charge >= 0.3 is 0 Å². The molecular weight excluding hydrogens is 338 g/mol. The molecule has 0 aliphatic carbocycles. The predicted octanol–water partition coefficient (Wildman–Crippen LogP) is 6.66. The van der Waals surface area contributed by atoms with Crippen LogP contribution >= 0.6 is 0 Å². The van der Waals surface area contributed by atoms with E-state index in [1.807, 2.05) is 0 Å². The number of allylic oxidation sites excluding steroid dienone is 1. The molecule has 0 saturated heterocycles. The van der Waals surface area contributed by atoms with Gasteiger partial charge in [0.2, 0.25) is 0 Å². The van der Waals surface area contributed by atoms with Gasteiger partial charge in [0.1, 0.15) is 0 Å². The monoisotopic (exact) mass is 369 g/mol. The molecule has 1 heteroatoms. The molecular formula is C27H31N. The lowest BCUT2D eigenvalue weighted by atomic mass is 9.66. The predicted molar refractivity (Wildman–Crippen MR) is 121 cm³/mol. The normalized spacial score (nSPS) is 11.2. The Morgan fingerprint density at radius 3 is 1.50 bits per heavy atom. The van der Waals surface area contributed by atoms with E-state index in [1.54, 1.807) is 0 Å². The Morgan fingerprint density at radius 2 is 1.14 bits per heavy atom. The van der Waals surface area contributed by atoms with Crippen LogP contribution in [0.3, 0.4) is 0 Å². The molecule has 0 bridgehead atoms. The van der Waals surface area contributed by atoms with E-state index in [0.717, 1.165) is 13.0 Å². The quantitative estimate of drug-likeness (QED) is 0.381. The molecule has 0 radical (unpaired) electrons. The molecule has 0 heterocycles. The minimum Gasteiger partial charge on any atom is -0.378 e. The molecule has 28 heavy (non-hydrogen) atoms. The third kappa shape index (κ3) is 4.20. The van der Waals surface area contributed by atoms with Gasteiger partial charge in [-0.25, -0.2) is 0 Å². The molecule has 0 atom stereocenters. The van der Waals surface area contributed by atoms with Crippen LogP contribution in [0.2, 0.25) is 0 Å². The maximum Gasteiger partial charge on any atom is 0.0505 e. The zero-order valence-corrected chi connectivity index (χ0v) is 17.1. The molecule has 1 nitrogen and oxygen atoms in total. The first kappa shape index (κ1) is 19.9. The molecule has 0 spiro atoms. The van der Waals surface area contributed by atoms with Gasteiger partial charge in [0, 0.05) is 25.7 Å². The molecule has 0 aliphatic heterocycles. The molecule has 0 unspecified atom stereocenters. The van der Waals surface area contributed by atoms with Crippen LogP contribution in [-0.2, 0) is 5.41 Å². The van der Waals surface area contributed by atoms with Crippen LogP contribution < -0.4 is 0 Å². The van der Waals surface area contributed by atoms with E-state index >= 15 is 0 Å². The van der Waals surface area contributed by atoms with Crippen LogP contribution in [0.25, 0.3) is 0 Å². The van der Waals surface area contributed by atoms with E-state index < -0.39 is 0 Å². The highest BCUT2D eigenvalue weighted by Crippen LogP contribution is 2.44. The highest BCUT2D eigenvalue weighted by Gasteiger charge is 2.37. The number of nitrogens with zero attached hydrogens (tertiary/aromatic N) is 1. The molecule has 3 rings (SSSR count). The van der Waals surface area contributed by atoms with Gasteiger partial charge in [-0.3, -0.25) is 0 Å². The highest BCUT2D eigenvalue weighted by atomic mass is 15.1. The summed E-state index contributed by atoms with van der Waals surface area (Å²) < 4.78 is 0. The Kier molecular flexibility index (Phi) is 6.71. The average Bonchev–Trinajstić information content (AvgIpc) is 2.77. The SMILES string of the molecule is C=C(CC(c1ccccc1)(c1ccccc1)c1ccccc1)N(C)CCCC. The van der Waals surface area contributed by atoms with Gasteiger partial charge in [0.15, 0.2) is 0 Å². The molecule has 3 aromatic carbocycles. The summed E-state index contributed by atoms with van der Waals surface area (Å²) in [7, 11) is 2.17. The second kappa shape index (κ2) is 9.41. The largest absolute Gasteiger partial charge is 0.378 e. The van der Waals surface area contributed by atoms with Crippen molar-refractivity contribution in [2.24, 2.45) is 0 Å². The fourth-order valence-corrected chi connectivity index (χ4v) is 3.97. The third-order valence-electron chi connectivity index (χ3n) is 5.66. The van der Waals surface area contributed by atoms with E-state index in [1.165, 1.54) is 35.2 Å². The molecule has 0 fully saturated rings. The standard InChI is InChI=1S/C27H31N/c1-4-5-21-28(3)23(2)22-27(24-15-9-6-10-16-24,25-17-11-7-12-18-25)26-19-13-8-14-20-26/h6-20H,2,4-5,21-22H2,1,3H3. The molecule has 0 aliphatic rings. The Balaban J connectivity index is 2.15. The van der Waals surface area contributed by atoms with Crippen LogP contribution in [-0.4, -0.2) is 18.5 Å². The number of unbranched alkanes of at least 4 members (excludes halogenated alkanes) is 1.